The smallest absolute Gasteiger partial charge is 0.261 e. The van der Waals surface area contributed by atoms with Gasteiger partial charge in [-0.25, -0.2) is 16.8 Å². The van der Waals surface area contributed by atoms with Gasteiger partial charge < -0.3 is 0 Å². The van der Waals surface area contributed by atoms with Crippen LogP contribution in [-0.2, 0) is 22.9 Å². The summed E-state index contributed by atoms with van der Waals surface area (Å²) in [6.07, 6.45) is 2.27. The molecule has 0 radical (unpaired) electrons. The Morgan fingerprint density at radius 3 is 1.86 bits per heavy atom. The highest BCUT2D eigenvalue weighted by Gasteiger charge is 2.24. The van der Waals surface area contributed by atoms with Gasteiger partial charge in [-0.15, -0.1) is 0 Å². The van der Waals surface area contributed by atoms with E-state index in [0.717, 1.165) is 0 Å². The van der Waals surface area contributed by atoms with E-state index in [0.29, 0.717) is 5.56 Å². The highest BCUT2D eigenvalue weighted by atomic mass is 35.7. The third-order valence-electron chi connectivity index (χ3n) is 2.83. The molecule has 1 aromatic rings. The molecule has 0 spiro atoms. The van der Waals surface area contributed by atoms with Crippen molar-refractivity contribution in [2.24, 2.45) is 0 Å². The number of allylic oxidation sites excluding steroid dienone is 4. The molecule has 0 aliphatic heterocycles. The minimum atomic E-state index is -3.92. The van der Waals surface area contributed by atoms with Crippen LogP contribution in [0.1, 0.15) is 12.0 Å². The topological polar surface area (TPSA) is 85.3 Å². The predicted molar refractivity (Wildman–Crippen MR) is 79.9 cm³/mol. The van der Waals surface area contributed by atoms with Crippen molar-refractivity contribution in [1.29, 1.82) is 0 Å². The zero-order valence-electron chi connectivity index (χ0n) is 10.3. The quantitative estimate of drug-likeness (QED) is 0.766. The minimum absolute atomic E-state index is 0.0867. The van der Waals surface area contributed by atoms with Crippen molar-refractivity contribution < 1.29 is 21.6 Å². The van der Waals surface area contributed by atoms with Crippen LogP contribution >= 0.6 is 21.4 Å². The molecule has 0 unspecified atom stereocenters. The van der Waals surface area contributed by atoms with Gasteiger partial charge in [0.2, 0.25) is 0 Å². The van der Waals surface area contributed by atoms with E-state index in [1.807, 2.05) is 0 Å². The maximum atomic E-state index is 12.0. The van der Waals surface area contributed by atoms with Gasteiger partial charge in [-0.2, -0.15) is 0 Å². The van der Waals surface area contributed by atoms with Crippen LogP contribution in [0.3, 0.4) is 0 Å². The summed E-state index contributed by atoms with van der Waals surface area (Å²) in [4.78, 5) is 11.7. The number of carbonyl (C=O) groups excluding carboxylic acids is 1. The van der Waals surface area contributed by atoms with Gasteiger partial charge in [0.15, 0.2) is 5.78 Å². The van der Waals surface area contributed by atoms with E-state index in [1.165, 1.54) is 36.4 Å². The van der Waals surface area contributed by atoms with Gasteiger partial charge in [0.1, 0.15) is 0 Å². The maximum absolute atomic E-state index is 12.0. The maximum Gasteiger partial charge on any atom is 0.261 e. The Morgan fingerprint density at radius 2 is 1.43 bits per heavy atom. The number of benzene rings is 1. The van der Waals surface area contributed by atoms with Crippen LogP contribution in [0.5, 0.6) is 0 Å². The lowest BCUT2D eigenvalue weighted by atomic mass is 9.96. The lowest BCUT2D eigenvalue weighted by Crippen LogP contribution is -2.10. The van der Waals surface area contributed by atoms with Crippen molar-refractivity contribution in [2.75, 3.05) is 0 Å². The summed E-state index contributed by atoms with van der Waals surface area (Å²) >= 11 is 0. The third-order valence-corrected chi connectivity index (χ3v) is 5.70. The van der Waals surface area contributed by atoms with Crippen molar-refractivity contribution in [2.45, 2.75) is 11.3 Å². The molecular weight excluding hydrogens is 359 g/mol. The first kappa shape index (κ1) is 16.2. The minimum Gasteiger partial charge on any atom is -0.294 e. The van der Waals surface area contributed by atoms with Crippen molar-refractivity contribution in [3.05, 3.63) is 46.9 Å². The SMILES string of the molecule is O=C1CC(S(=O)(=O)Cl)=CC=C1c1ccc(S(=O)(=O)Cl)cc1. The Bertz CT molecular complexity index is 863. The molecule has 0 amide bonds. The number of carbonyl (C=O) groups is 1. The molecule has 0 heterocycles. The van der Waals surface area contributed by atoms with E-state index in [9.17, 15) is 21.6 Å². The third kappa shape index (κ3) is 3.74. The summed E-state index contributed by atoms with van der Waals surface area (Å²) in [5.41, 5.74) is 0.740. The Morgan fingerprint density at radius 1 is 0.857 bits per heavy atom. The van der Waals surface area contributed by atoms with Crippen molar-refractivity contribution >= 4 is 50.8 Å². The molecular formula is C12H8Cl2O5S2. The van der Waals surface area contributed by atoms with Crippen LogP contribution in [0, 0.1) is 0 Å². The normalized spacial score (nSPS) is 16.4. The molecule has 0 aromatic heterocycles. The number of Topliss-reactive ketones (excluding diaryl/α,β-unsaturated/α-hetero) is 1. The highest BCUT2D eigenvalue weighted by molar-refractivity contribution is 8.16. The van der Waals surface area contributed by atoms with Crippen LogP contribution in [0.2, 0.25) is 0 Å². The lowest BCUT2D eigenvalue weighted by Gasteiger charge is -2.12. The molecule has 21 heavy (non-hydrogen) atoms. The van der Waals surface area contributed by atoms with Crippen LogP contribution < -0.4 is 0 Å². The number of hydrogen-bond donors (Lipinski definition) is 0. The van der Waals surface area contributed by atoms with Crippen LogP contribution in [0.25, 0.3) is 5.57 Å². The van der Waals surface area contributed by atoms with Crippen LogP contribution in [0.15, 0.2) is 46.2 Å². The average molecular weight is 367 g/mol. The van der Waals surface area contributed by atoms with E-state index in [2.05, 4.69) is 0 Å². The molecule has 2 rings (SSSR count). The molecule has 0 bridgehead atoms. The second-order valence-corrected chi connectivity index (χ2v) is 9.40. The fourth-order valence-electron chi connectivity index (χ4n) is 1.80. The summed E-state index contributed by atoms with van der Waals surface area (Å²) in [7, 11) is 2.63. The molecule has 0 atom stereocenters. The number of rotatable bonds is 3. The Hall–Kier alpha value is -1.15. The summed E-state index contributed by atoms with van der Waals surface area (Å²) < 4.78 is 44.6. The summed E-state index contributed by atoms with van der Waals surface area (Å²) in [5.74, 6) is -0.418. The van der Waals surface area contributed by atoms with E-state index in [1.54, 1.807) is 0 Å². The fourth-order valence-corrected chi connectivity index (χ4v) is 3.43. The van der Waals surface area contributed by atoms with Gasteiger partial charge in [-0.3, -0.25) is 4.79 Å². The van der Waals surface area contributed by atoms with Crippen LogP contribution in [-0.4, -0.2) is 22.6 Å². The molecule has 0 N–H and O–H groups in total. The van der Waals surface area contributed by atoms with Gasteiger partial charge >= 0.3 is 0 Å². The molecule has 0 saturated carbocycles. The van der Waals surface area contributed by atoms with E-state index < -0.39 is 23.9 Å². The fraction of sp³-hybridized carbons (Fsp3) is 0.0833. The molecule has 0 saturated heterocycles. The summed E-state index contributed by atoms with van der Waals surface area (Å²) in [6, 6.07) is 5.38. The monoisotopic (exact) mass is 366 g/mol. The second-order valence-electron chi connectivity index (χ2n) is 4.21. The molecule has 1 aromatic carbocycles. The summed E-state index contributed by atoms with van der Waals surface area (Å²) in [6.45, 7) is 0. The molecule has 112 valence electrons. The zero-order valence-corrected chi connectivity index (χ0v) is 13.4. The Labute approximate surface area is 130 Å². The number of ketones is 1. The van der Waals surface area contributed by atoms with E-state index >= 15 is 0 Å². The number of halogens is 2. The zero-order chi connectivity index (χ0) is 15.8. The lowest BCUT2D eigenvalue weighted by molar-refractivity contribution is -0.113. The first-order valence-electron chi connectivity index (χ1n) is 5.53. The Balaban J connectivity index is 2.42. The summed E-state index contributed by atoms with van der Waals surface area (Å²) in [5, 5.41) is 0. The largest absolute Gasteiger partial charge is 0.294 e. The number of hydrogen-bond acceptors (Lipinski definition) is 5. The molecule has 0 fully saturated rings. The van der Waals surface area contributed by atoms with Gasteiger partial charge in [0.25, 0.3) is 18.1 Å². The van der Waals surface area contributed by atoms with Crippen molar-refractivity contribution in [3.63, 3.8) is 0 Å². The standard InChI is InChI=1S/C12H8Cl2O5S2/c13-20(16,17)9-3-1-8(2-4-9)11-6-5-10(7-12(11)15)21(14,18)19/h1-6H,7H2. The first-order chi connectivity index (χ1) is 9.59. The van der Waals surface area contributed by atoms with E-state index in [4.69, 9.17) is 21.4 Å². The molecule has 5 nitrogen and oxygen atoms in total. The van der Waals surface area contributed by atoms with Gasteiger partial charge in [-0.05, 0) is 29.8 Å². The van der Waals surface area contributed by atoms with Gasteiger partial charge in [-0.1, -0.05) is 12.1 Å². The molecule has 1 aliphatic carbocycles. The van der Waals surface area contributed by atoms with E-state index in [-0.39, 0.29) is 21.8 Å². The Kier molecular flexibility index (Phi) is 4.30. The average Bonchev–Trinajstić information content (AvgIpc) is 2.36. The van der Waals surface area contributed by atoms with Crippen molar-refractivity contribution in [1.82, 2.24) is 0 Å². The molecule has 9 heteroatoms. The van der Waals surface area contributed by atoms with Gasteiger partial charge in [0, 0.05) is 33.4 Å². The highest BCUT2D eigenvalue weighted by Crippen LogP contribution is 2.28. The second kappa shape index (κ2) is 5.57. The molecule has 1 aliphatic rings. The van der Waals surface area contributed by atoms with Crippen LogP contribution in [0.4, 0.5) is 0 Å². The van der Waals surface area contributed by atoms with Crippen molar-refractivity contribution in [3.8, 4) is 0 Å². The first-order valence-corrected chi connectivity index (χ1v) is 10.1. The predicted octanol–water partition coefficient (Wildman–Crippen LogP) is 2.42. The van der Waals surface area contributed by atoms with Gasteiger partial charge in [0.05, 0.1) is 9.80 Å².